The lowest BCUT2D eigenvalue weighted by Gasteiger charge is -2.07. The van der Waals surface area contributed by atoms with Gasteiger partial charge < -0.3 is 21.5 Å². The van der Waals surface area contributed by atoms with E-state index in [1.807, 2.05) is 24.3 Å². The fraction of sp³-hybridized carbons (Fsp3) is 0.235. The Morgan fingerprint density at radius 1 is 0.750 bits per heavy atom. The van der Waals surface area contributed by atoms with E-state index in [0.29, 0.717) is 6.54 Å². The van der Waals surface area contributed by atoms with Crippen molar-refractivity contribution in [1.82, 2.24) is 9.13 Å². The van der Waals surface area contributed by atoms with E-state index in [9.17, 15) is 4.79 Å². The van der Waals surface area contributed by atoms with Gasteiger partial charge in [-0.3, -0.25) is 4.79 Å². The largest absolute Gasteiger partial charge is 1.00 e. The van der Waals surface area contributed by atoms with Crippen molar-refractivity contribution < 1.29 is 26.3 Å². The maximum atomic E-state index is 13.1. The van der Waals surface area contributed by atoms with Gasteiger partial charge in [0.05, 0.1) is 6.54 Å². The third-order valence-electron chi connectivity index (χ3n) is 7.93. The molecule has 0 radical (unpaired) electrons. The first-order valence-corrected chi connectivity index (χ1v) is 14.5. The lowest BCUT2D eigenvalue weighted by atomic mass is 10.1. The molecule has 2 heterocycles. The first-order chi connectivity index (χ1) is 19.0. The Bertz CT molecular complexity index is 1760. The number of imidazole rings is 1. The highest BCUT2D eigenvalue weighted by Crippen LogP contribution is 2.29. The molecule has 0 aliphatic carbocycles. The van der Waals surface area contributed by atoms with Gasteiger partial charge in [-0.15, -0.1) is 0 Å². The molecule has 0 N–H and O–H groups in total. The number of aromatic nitrogens is 3. The maximum absolute atomic E-state index is 13.1. The van der Waals surface area contributed by atoms with Crippen LogP contribution in [0.3, 0.4) is 0 Å². The Balaban J connectivity index is 0.00000323. The van der Waals surface area contributed by atoms with Gasteiger partial charge in [0.1, 0.15) is 0 Å². The third kappa shape index (κ3) is 5.52. The molecule has 0 atom stereocenters. The number of benzene rings is 4. The maximum Gasteiger partial charge on any atom is 0.245 e. The summed E-state index contributed by atoms with van der Waals surface area (Å²) in [6, 6.07) is 29.6. The third-order valence-corrected chi connectivity index (χ3v) is 8.46. The van der Waals surface area contributed by atoms with Gasteiger partial charge in [-0.25, -0.2) is 9.13 Å². The quantitative estimate of drug-likeness (QED) is 0.120. The van der Waals surface area contributed by atoms with Crippen LogP contribution in [0.15, 0.2) is 95.7 Å². The van der Waals surface area contributed by atoms with Gasteiger partial charge in [-0.1, -0.05) is 64.5 Å². The molecule has 0 aliphatic rings. The van der Waals surface area contributed by atoms with Crippen molar-refractivity contribution in [3.8, 4) is 0 Å². The molecular formula is C34H33Br2N3O. The molecule has 0 aliphatic heterocycles. The molecule has 0 saturated carbocycles. The number of ketones is 1. The molecule has 4 nitrogen and oxygen atoms in total. The number of hydrogen-bond donors (Lipinski definition) is 0. The molecule has 0 amide bonds. The molecule has 6 heteroatoms. The Morgan fingerprint density at radius 2 is 1.35 bits per heavy atom. The first-order valence-electron chi connectivity index (χ1n) is 13.7. The topological polar surface area (TPSA) is 30.8 Å². The minimum absolute atomic E-state index is 0. The summed E-state index contributed by atoms with van der Waals surface area (Å²) < 4.78 is 7.90. The molecule has 0 saturated heterocycles. The van der Waals surface area contributed by atoms with Crippen LogP contribution in [0.5, 0.6) is 0 Å². The van der Waals surface area contributed by atoms with E-state index in [-0.39, 0.29) is 22.8 Å². The predicted octanol–water partition coefficient (Wildman–Crippen LogP) is 5.17. The zero-order chi connectivity index (χ0) is 26.9. The Labute approximate surface area is 254 Å². The van der Waals surface area contributed by atoms with Gasteiger partial charge in [0.15, 0.2) is 17.6 Å². The monoisotopic (exact) mass is 657 g/mol. The van der Waals surface area contributed by atoms with Crippen LogP contribution < -0.4 is 21.5 Å². The van der Waals surface area contributed by atoms with Crippen molar-refractivity contribution in [3.63, 3.8) is 0 Å². The molecule has 0 fully saturated rings. The molecule has 6 rings (SSSR count). The fourth-order valence-electron chi connectivity index (χ4n) is 5.70. The summed E-state index contributed by atoms with van der Waals surface area (Å²) >= 11 is 3.46. The Morgan fingerprint density at radius 3 is 2.02 bits per heavy atom. The highest BCUT2D eigenvalue weighted by molar-refractivity contribution is 9.10. The normalized spacial score (nSPS) is 11.4. The number of para-hydroxylation sites is 2. The van der Waals surface area contributed by atoms with E-state index in [1.165, 1.54) is 38.4 Å². The van der Waals surface area contributed by atoms with E-state index in [0.717, 1.165) is 47.9 Å². The van der Waals surface area contributed by atoms with Crippen molar-refractivity contribution >= 4 is 54.6 Å². The zero-order valence-electron chi connectivity index (χ0n) is 22.9. The second-order valence-electron chi connectivity index (χ2n) is 10.5. The minimum Gasteiger partial charge on any atom is -1.00 e. The number of aryl methyl sites for hydroxylation is 4. The van der Waals surface area contributed by atoms with E-state index in [4.69, 9.17) is 0 Å². The van der Waals surface area contributed by atoms with Crippen LogP contribution in [0, 0.1) is 13.8 Å². The van der Waals surface area contributed by atoms with Crippen molar-refractivity contribution in [2.75, 3.05) is 0 Å². The second kappa shape index (κ2) is 12.1. The SMILES string of the molecule is Cc1cc2c(cc1C)[n+](CC(=O)c1ccc(Br)cc1)cn2CCCCCn1c2ccccc2c2ccccc21.[Br-]. The number of carbonyl (C=O) groups excluding carboxylic acids is 1. The highest BCUT2D eigenvalue weighted by Gasteiger charge is 2.20. The van der Waals surface area contributed by atoms with E-state index >= 15 is 0 Å². The summed E-state index contributed by atoms with van der Waals surface area (Å²) in [6.07, 6.45) is 5.49. The smallest absolute Gasteiger partial charge is 0.245 e. The van der Waals surface area contributed by atoms with Gasteiger partial charge in [0.25, 0.3) is 0 Å². The summed E-state index contributed by atoms with van der Waals surface area (Å²) in [7, 11) is 0. The number of unbranched alkanes of at least 4 members (excludes halogenated alkanes) is 2. The number of halogens is 2. The molecule has 6 aromatic rings. The van der Waals surface area contributed by atoms with Crippen LogP contribution in [0.25, 0.3) is 32.8 Å². The lowest BCUT2D eigenvalue weighted by molar-refractivity contribution is -0.658. The van der Waals surface area contributed by atoms with Gasteiger partial charge in [0, 0.05) is 38.4 Å². The number of carbonyl (C=O) groups is 1. The summed E-state index contributed by atoms with van der Waals surface area (Å²) in [6.45, 7) is 6.59. The molecule has 0 unspecified atom stereocenters. The van der Waals surface area contributed by atoms with Crippen LogP contribution in [-0.4, -0.2) is 14.9 Å². The summed E-state index contributed by atoms with van der Waals surface area (Å²) in [5.41, 5.74) is 8.21. The van der Waals surface area contributed by atoms with Crippen molar-refractivity contribution in [1.29, 1.82) is 0 Å². The number of nitrogens with zero attached hydrogens (tertiary/aromatic N) is 3. The summed E-state index contributed by atoms with van der Waals surface area (Å²) in [4.78, 5) is 13.1. The average molecular weight is 659 g/mol. The van der Waals surface area contributed by atoms with Crippen LogP contribution >= 0.6 is 15.9 Å². The average Bonchev–Trinajstić information content (AvgIpc) is 3.44. The van der Waals surface area contributed by atoms with Crippen LogP contribution in [0.1, 0.15) is 40.7 Å². The lowest BCUT2D eigenvalue weighted by Crippen LogP contribution is -3.00. The van der Waals surface area contributed by atoms with Crippen LogP contribution in [0.4, 0.5) is 0 Å². The number of rotatable bonds is 9. The second-order valence-corrected chi connectivity index (χ2v) is 11.5. The Hall–Kier alpha value is -3.22. The van der Waals surface area contributed by atoms with E-state index in [1.54, 1.807) is 0 Å². The van der Waals surface area contributed by atoms with Crippen molar-refractivity contribution in [2.24, 2.45) is 0 Å². The van der Waals surface area contributed by atoms with Gasteiger partial charge in [0.2, 0.25) is 12.1 Å². The van der Waals surface area contributed by atoms with Gasteiger partial charge in [-0.2, -0.15) is 0 Å². The molecule has 0 bridgehead atoms. The van der Waals surface area contributed by atoms with E-state index < -0.39 is 0 Å². The molecule has 40 heavy (non-hydrogen) atoms. The minimum atomic E-state index is 0. The fourth-order valence-corrected chi connectivity index (χ4v) is 5.96. The number of hydrogen-bond acceptors (Lipinski definition) is 1. The number of Topliss-reactive ketones (excluding diaryl/α,β-unsaturated/α-hetero) is 1. The molecule has 204 valence electrons. The zero-order valence-corrected chi connectivity index (χ0v) is 26.1. The predicted molar refractivity (Wildman–Crippen MR) is 163 cm³/mol. The standard InChI is InChI=1S/C34H33BrN3O.BrH/c1-24-20-32-33(21-25(24)2)37(22-34(39)26-14-16-27(35)17-15-26)23-36(32)18-8-3-9-19-38-30-12-6-4-10-28(30)29-11-5-7-13-31(29)38;/h4-7,10-17,20-21,23H,3,8-9,18-19,22H2,1-2H3;1H/q+1;/p-1. The van der Waals surface area contributed by atoms with Crippen LogP contribution in [-0.2, 0) is 19.6 Å². The van der Waals surface area contributed by atoms with Gasteiger partial charge in [-0.05, 0) is 80.6 Å². The van der Waals surface area contributed by atoms with Crippen LogP contribution in [0.2, 0.25) is 0 Å². The first kappa shape index (κ1) is 28.3. The van der Waals surface area contributed by atoms with E-state index in [2.05, 4.69) is 110 Å². The molecule has 4 aromatic carbocycles. The molecule has 2 aromatic heterocycles. The molecule has 0 spiro atoms. The van der Waals surface area contributed by atoms with Crippen molar-refractivity contribution in [2.45, 2.75) is 52.7 Å². The summed E-state index contributed by atoms with van der Waals surface area (Å²) in [5.74, 6) is 0.121. The molecular weight excluding hydrogens is 626 g/mol. The number of fused-ring (bicyclic) bond motifs is 4. The van der Waals surface area contributed by atoms with Gasteiger partial charge >= 0.3 is 0 Å². The summed E-state index contributed by atoms with van der Waals surface area (Å²) in [5, 5.41) is 2.67. The Kier molecular flexibility index (Phi) is 8.57. The van der Waals surface area contributed by atoms with Crippen molar-refractivity contribution in [3.05, 3.63) is 112 Å². The highest BCUT2D eigenvalue weighted by atomic mass is 79.9.